The molecule has 1 aliphatic carbocycles. The van der Waals surface area contributed by atoms with Gasteiger partial charge in [0, 0.05) is 28.6 Å². The van der Waals surface area contributed by atoms with Gasteiger partial charge in [0.1, 0.15) is 17.1 Å². The maximum Gasteiger partial charge on any atom is 0.356 e. The van der Waals surface area contributed by atoms with Gasteiger partial charge in [0.05, 0.1) is 18.2 Å². The highest BCUT2D eigenvalue weighted by Gasteiger charge is 2.24. The van der Waals surface area contributed by atoms with Crippen LogP contribution in [0.25, 0.3) is 33.4 Å². The Morgan fingerprint density at radius 2 is 1.77 bits per heavy atom. The van der Waals surface area contributed by atoms with Crippen LogP contribution in [-0.4, -0.2) is 24.2 Å². The number of carbonyl (C=O) groups excluding carboxylic acids is 2. The summed E-state index contributed by atoms with van der Waals surface area (Å²) in [7, 11) is 1.24. The summed E-state index contributed by atoms with van der Waals surface area (Å²) in [5, 5.41) is 10.4. The van der Waals surface area contributed by atoms with Gasteiger partial charge in [0.25, 0.3) is 0 Å². The minimum Gasteiger partial charge on any atom is -0.508 e. The summed E-state index contributed by atoms with van der Waals surface area (Å²) >= 11 is 0. The molecule has 0 spiro atoms. The van der Waals surface area contributed by atoms with Crippen molar-refractivity contribution >= 4 is 22.9 Å². The maximum atomic E-state index is 12.5. The van der Waals surface area contributed by atoms with E-state index in [0.717, 1.165) is 0 Å². The Morgan fingerprint density at radius 3 is 2.50 bits per heavy atom. The normalized spacial score (nSPS) is 10.9. The lowest BCUT2D eigenvalue weighted by Gasteiger charge is -2.17. The largest absolute Gasteiger partial charge is 0.508 e. The van der Waals surface area contributed by atoms with E-state index in [4.69, 9.17) is 15.1 Å². The fourth-order valence-corrected chi connectivity index (χ4v) is 3.38. The highest BCUT2D eigenvalue weighted by atomic mass is 16.7. The molecule has 0 atom stereocenters. The zero-order valence-corrected chi connectivity index (χ0v) is 15.7. The van der Waals surface area contributed by atoms with Crippen molar-refractivity contribution in [1.82, 2.24) is 0 Å². The number of ether oxygens (including phenoxy) is 1. The topological polar surface area (TPSA) is 129 Å². The second-order valence-electron chi connectivity index (χ2n) is 6.47. The minimum absolute atomic E-state index is 0.0384. The summed E-state index contributed by atoms with van der Waals surface area (Å²) in [5.74, 6) is 3.81. The number of phenols is 1. The van der Waals surface area contributed by atoms with E-state index in [1.165, 1.54) is 49.6 Å². The molecule has 0 aromatic heterocycles. The van der Waals surface area contributed by atoms with E-state index >= 15 is 0 Å². The molecule has 1 heterocycles. The second kappa shape index (κ2) is 7.34. The molecule has 3 N–H and O–H groups in total. The van der Waals surface area contributed by atoms with E-state index in [2.05, 4.69) is 4.84 Å². The smallest absolute Gasteiger partial charge is 0.356 e. The lowest BCUT2D eigenvalue weighted by atomic mass is 9.89. The molecule has 0 saturated heterocycles. The van der Waals surface area contributed by atoms with Gasteiger partial charge in [-0.1, -0.05) is 0 Å². The number of phenolic OH excluding ortho intramolecular Hbond substituents is 1. The molecule has 0 amide bonds. The third-order valence-corrected chi connectivity index (χ3v) is 4.71. The van der Waals surface area contributed by atoms with Gasteiger partial charge >= 0.3 is 11.9 Å². The molecule has 4 rings (SSSR count). The fraction of sp³-hybridized carbons (Fsp3) is 0.0455. The van der Waals surface area contributed by atoms with Crippen molar-refractivity contribution in [3.8, 4) is 28.2 Å². The second-order valence-corrected chi connectivity index (χ2v) is 6.47. The molecule has 2 aliphatic rings. The molecule has 30 heavy (non-hydrogen) atoms. The van der Waals surface area contributed by atoms with Gasteiger partial charge in [-0.25, -0.2) is 9.59 Å². The summed E-state index contributed by atoms with van der Waals surface area (Å²) in [6.07, 6.45) is 0. The number of aromatic hydroxyl groups is 1. The number of fused-ring (bicyclic) bond motifs is 2. The predicted molar refractivity (Wildman–Crippen MR) is 107 cm³/mol. The van der Waals surface area contributed by atoms with E-state index in [0.29, 0.717) is 22.1 Å². The van der Waals surface area contributed by atoms with Crippen LogP contribution in [0.4, 0.5) is 0 Å². The monoisotopic (exact) mass is 405 g/mol. The first-order valence-corrected chi connectivity index (χ1v) is 8.76. The minimum atomic E-state index is -0.790. The molecule has 8 heteroatoms. The Bertz CT molecular complexity index is 1340. The molecular formula is C22H15NO7. The quantitative estimate of drug-likeness (QED) is 0.302. The summed E-state index contributed by atoms with van der Waals surface area (Å²) in [6.45, 7) is 0. The van der Waals surface area contributed by atoms with Crippen molar-refractivity contribution in [3.05, 3.63) is 75.9 Å². The van der Waals surface area contributed by atoms with Crippen LogP contribution < -0.4 is 11.3 Å². The van der Waals surface area contributed by atoms with Crippen LogP contribution in [0.5, 0.6) is 5.75 Å². The lowest BCUT2D eigenvalue weighted by molar-refractivity contribution is 0.0501. The molecule has 0 radical (unpaired) electrons. The average molecular weight is 405 g/mol. The van der Waals surface area contributed by atoms with Gasteiger partial charge in [-0.3, -0.25) is 4.79 Å². The Hall–Kier alpha value is -4.17. The summed E-state index contributed by atoms with van der Waals surface area (Å²) in [6, 6.07) is 13.0. The number of benzene rings is 3. The molecule has 0 bridgehead atoms. The van der Waals surface area contributed by atoms with Crippen LogP contribution in [-0.2, 0) is 9.57 Å². The number of hydrogen-bond acceptors (Lipinski definition) is 8. The molecular weight excluding hydrogens is 390 g/mol. The average Bonchev–Trinajstić information content (AvgIpc) is 2.75. The van der Waals surface area contributed by atoms with Crippen LogP contribution in [0.2, 0.25) is 0 Å². The number of esters is 1. The van der Waals surface area contributed by atoms with Gasteiger partial charge in [-0.2, -0.15) is 5.90 Å². The number of carbonyl (C=O) groups is 2. The Balaban J connectivity index is 2.18. The molecule has 0 saturated carbocycles. The molecule has 0 unspecified atom stereocenters. The van der Waals surface area contributed by atoms with E-state index in [1.807, 2.05) is 0 Å². The zero-order chi connectivity index (χ0) is 21.4. The van der Waals surface area contributed by atoms with E-state index < -0.39 is 11.9 Å². The van der Waals surface area contributed by atoms with Crippen LogP contribution in [0, 0.1) is 0 Å². The highest BCUT2D eigenvalue weighted by Crippen LogP contribution is 2.42. The fourth-order valence-electron chi connectivity index (χ4n) is 3.38. The number of nitrogens with two attached hydrogens (primary N) is 1. The Morgan fingerprint density at radius 1 is 0.967 bits per heavy atom. The van der Waals surface area contributed by atoms with Crippen LogP contribution in [0.3, 0.4) is 0 Å². The Labute approximate surface area is 169 Å². The number of methoxy groups -OCH3 is 1. The first-order chi connectivity index (χ1) is 14.4. The van der Waals surface area contributed by atoms with E-state index in [1.54, 1.807) is 12.1 Å². The van der Waals surface area contributed by atoms with E-state index in [-0.39, 0.29) is 33.6 Å². The highest BCUT2D eigenvalue weighted by molar-refractivity contribution is 6.09. The summed E-state index contributed by atoms with van der Waals surface area (Å²) < 4.78 is 10.7. The first-order valence-electron chi connectivity index (χ1n) is 8.76. The van der Waals surface area contributed by atoms with Crippen LogP contribution >= 0.6 is 0 Å². The third kappa shape index (κ3) is 3.15. The van der Waals surface area contributed by atoms with Crippen molar-refractivity contribution in [1.29, 1.82) is 0 Å². The standard InChI is InChI=1S/C22H15NO7/c1-28-22(27)14-5-2-11(21(26)30-23)8-17(14)20-15-6-3-12(24)9-18(15)29-19-10-13(25)4-7-16(19)20/h2-10,24H,23H2,1H3. The molecule has 2 aromatic rings. The molecule has 8 nitrogen and oxygen atoms in total. The maximum absolute atomic E-state index is 12.5. The molecule has 1 aliphatic heterocycles. The Kier molecular flexibility index (Phi) is 4.69. The van der Waals surface area contributed by atoms with Gasteiger partial charge in [-0.05, 0) is 48.0 Å². The van der Waals surface area contributed by atoms with Gasteiger partial charge < -0.3 is 19.1 Å². The van der Waals surface area contributed by atoms with Crippen molar-refractivity contribution in [2.24, 2.45) is 5.90 Å². The van der Waals surface area contributed by atoms with E-state index in [9.17, 15) is 19.5 Å². The van der Waals surface area contributed by atoms with Crippen molar-refractivity contribution in [2.45, 2.75) is 0 Å². The summed E-state index contributed by atoms with van der Waals surface area (Å²) in [5.41, 5.74) is 1.69. The van der Waals surface area contributed by atoms with Crippen molar-refractivity contribution < 1.29 is 28.7 Å². The van der Waals surface area contributed by atoms with Crippen molar-refractivity contribution in [2.75, 3.05) is 7.11 Å². The number of hydrogen-bond donors (Lipinski definition) is 2. The summed E-state index contributed by atoms with van der Waals surface area (Å²) in [4.78, 5) is 40.7. The van der Waals surface area contributed by atoms with Crippen LogP contribution in [0.1, 0.15) is 20.7 Å². The van der Waals surface area contributed by atoms with Crippen LogP contribution in [0.15, 0.2) is 63.8 Å². The van der Waals surface area contributed by atoms with Gasteiger partial charge in [0.2, 0.25) is 0 Å². The zero-order valence-electron chi connectivity index (χ0n) is 15.7. The molecule has 2 aromatic carbocycles. The number of rotatable bonds is 3. The van der Waals surface area contributed by atoms with Crippen molar-refractivity contribution in [3.63, 3.8) is 0 Å². The molecule has 0 fully saturated rings. The first kappa shape index (κ1) is 19.2. The molecule has 150 valence electrons. The van der Waals surface area contributed by atoms with Gasteiger partial charge in [0.15, 0.2) is 5.43 Å². The third-order valence-electron chi connectivity index (χ3n) is 4.71. The van der Waals surface area contributed by atoms with Gasteiger partial charge in [-0.15, -0.1) is 0 Å². The SMILES string of the molecule is COC(=O)c1ccc(C(=O)ON)cc1-c1c2ccc(=O)cc-2oc2cc(O)ccc12. The lowest BCUT2D eigenvalue weighted by Crippen LogP contribution is -2.12. The predicted octanol–water partition coefficient (Wildman–Crippen LogP) is 3.09.